The summed E-state index contributed by atoms with van der Waals surface area (Å²) in [7, 11) is 0. The molecule has 1 aliphatic rings. The molecule has 0 saturated heterocycles. The van der Waals surface area contributed by atoms with Gasteiger partial charge in [0.2, 0.25) is 0 Å². The van der Waals surface area contributed by atoms with E-state index in [1.165, 1.54) is 6.07 Å². The van der Waals surface area contributed by atoms with Crippen molar-refractivity contribution in [1.82, 2.24) is 4.98 Å². The summed E-state index contributed by atoms with van der Waals surface area (Å²) < 4.78 is 0. The number of nitro benzene ring substituents is 1. The Labute approximate surface area is 103 Å². The Bertz CT molecular complexity index is 672. The average molecular weight is 244 g/mol. The summed E-state index contributed by atoms with van der Waals surface area (Å²) in [6, 6.07) is 4.85. The highest BCUT2D eigenvalue weighted by Gasteiger charge is 2.21. The number of benzene rings is 1. The van der Waals surface area contributed by atoms with Gasteiger partial charge in [-0.05, 0) is 30.9 Å². The zero-order chi connectivity index (χ0) is 12.7. The zero-order valence-electron chi connectivity index (χ0n) is 9.64. The molecular weight excluding hydrogens is 232 g/mol. The van der Waals surface area contributed by atoms with E-state index in [1.807, 2.05) is 0 Å². The number of fused-ring (bicyclic) bond motifs is 3. The number of rotatable bonds is 1. The number of nitrogens with zero attached hydrogens (tertiary/aromatic N) is 2. The molecule has 1 aromatic carbocycles. The SMILES string of the molecule is N/N=C1/CCCc2c1[nH]c1ccc([N+](=O)[O-])cc21. The van der Waals surface area contributed by atoms with Crippen molar-refractivity contribution < 1.29 is 4.92 Å². The topological polar surface area (TPSA) is 97.3 Å². The van der Waals surface area contributed by atoms with Crippen LogP contribution < -0.4 is 5.84 Å². The largest absolute Gasteiger partial charge is 0.353 e. The van der Waals surface area contributed by atoms with Gasteiger partial charge in [0.25, 0.3) is 5.69 Å². The van der Waals surface area contributed by atoms with Crippen LogP contribution in [0.4, 0.5) is 5.69 Å². The van der Waals surface area contributed by atoms with Crippen molar-refractivity contribution in [2.45, 2.75) is 19.3 Å². The van der Waals surface area contributed by atoms with E-state index < -0.39 is 0 Å². The fourth-order valence-corrected chi connectivity index (χ4v) is 2.54. The van der Waals surface area contributed by atoms with Gasteiger partial charge in [-0.15, -0.1) is 0 Å². The quantitative estimate of drug-likeness (QED) is 0.456. The lowest BCUT2D eigenvalue weighted by molar-refractivity contribution is -0.384. The van der Waals surface area contributed by atoms with Gasteiger partial charge in [0.1, 0.15) is 0 Å². The molecule has 0 aliphatic heterocycles. The van der Waals surface area contributed by atoms with Gasteiger partial charge in [-0.1, -0.05) is 0 Å². The van der Waals surface area contributed by atoms with E-state index in [4.69, 9.17) is 5.84 Å². The molecule has 0 amide bonds. The standard InChI is InChI=1S/C12H12N4O2/c13-15-11-3-1-2-8-9-6-7(16(17)18)4-5-10(9)14-12(8)11/h4-6,14H,1-3,13H2/b15-11-. The maximum absolute atomic E-state index is 10.8. The second-order valence-electron chi connectivity index (χ2n) is 4.39. The Morgan fingerprint density at radius 1 is 1.39 bits per heavy atom. The minimum Gasteiger partial charge on any atom is -0.353 e. The summed E-state index contributed by atoms with van der Waals surface area (Å²) in [6.45, 7) is 0. The predicted molar refractivity (Wildman–Crippen MR) is 68.6 cm³/mol. The first kappa shape index (κ1) is 10.8. The van der Waals surface area contributed by atoms with Crippen LogP contribution in [-0.4, -0.2) is 15.6 Å². The van der Waals surface area contributed by atoms with Gasteiger partial charge in [-0.2, -0.15) is 5.10 Å². The second kappa shape index (κ2) is 3.83. The molecule has 0 fully saturated rings. The lowest BCUT2D eigenvalue weighted by Gasteiger charge is -2.12. The predicted octanol–water partition coefficient (Wildman–Crippen LogP) is 2.08. The third kappa shape index (κ3) is 1.46. The van der Waals surface area contributed by atoms with Crippen molar-refractivity contribution in [2.24, 2.45) is 10.9 Å². The summed E-state index contributed by atoms with van der Waals surface area (Å²) in [5.74, 6) is 5.38. The molecule has 0 spiro atoms. The van der Waals surface area contributed by atoms with E-state index in [0.29, 0.717) is 0 Å². The molecule has 92 valence electrons. The van der Waals surface area contributed by atoms with Crippen molar-refractivity contribution in [3.05, 3.63) is 39.6 Å². The van der Waals surface area contributed by atoms with Crippen LogP contribution in [0.25, 0.3) is 10.9 Å². The molecule has 0 radical (unpaired) electrons. The monoisotopic (exact) mass is 244 g/mol. The van der Waals surface area contributed by atoms with Crippen molar-refractivity contribution in [3.8, 4) is 0 Å². The second-order valence-corrected chi connectivity index (χ2v) is 4.39. The minimum absolute atomic E-state index is 0.112. The van der Waals surface area contributed by atoms with Crippen LogP contribution in [0.5, 0.6) is 0 Å². The highest BCUT2D eigenvalue weighted by Crippen LogP contribution is 2.31. The molecule has 0 unspecified atom stereocenters. The number of nitrogens with one attached hydrogen (secondary N) is 1. The Morgan fingerprint density at radius 3 is 2.94 bits per heavy atom. The van der Waals surface area contributed by atoms with Crippen molar-refractivity contribution in [2.75, 3.05) is 0 Å². The maximum atomic E-state index is 10.8. The molecule has 18 heavy (non-hydrogen) atoms. The normalized spacial score (nSPS) is 17.0. The van der Waals surface area contributed by atoms with E-state index >= 15 is 0 Å². The van der Waals surface area contributed by atoms with Crippen LogP contribution in [0.15, 0.2) is 23.3 Å². The molecule has 0 atom stereocenters. The van der Waals surface area contributed by atoms with E-state index in [0.717, 1.165) is 47.1 Å². The molecule has 0 bridgehead atoms. The van der Waals surface area contributed by atoms with E-state index in [9.17, 15) is 10.1 Å². The van der Waals surface area contributed by atoms with Gasteiger partial charge in [-0.3, -0.25) is 10.1 Å². The molecule has 0 saturated carbocycles. The molecule has 1 heterocycles. The molecule has 6 heteroatoms. The average Bonchev–Trinajstić information content (AvgIpc) is 2.76. The van der Waals surface area contributed by atoms with Crippen LogP contribution in [-0.2, 0) is 6.42 Å². The molecule has 3 rings (SSSR count). The van der Waals surface area contributed by atoms with E-state index in [1.54, 1.807) is 12.1 Å². The number of aromatic nitrogens is 1. The zero-order valence-corrected chi connectivity index (χ0v) is 9.64. The highest BCUT2D eigenvalue weighted by atomic mass is 16.6. The number of non-ortho nitro benzene ring substituents is 1. The fraction of sp³-hybridized carbons (Fsp3) is 0.250. The van der Waals surface area contributed by atoms with Gasteiger partial charge >= 0.3 is 0 Å². The molecule has 2 aromatic rings. The van der Waals surface area contributed by atoms with Crippen molar-refractivity contribution >= 4 is 22.3 Å². The van der Waals surface area contributed by atoms with Crippen molar-refractivity contribution in [3.63, 3.8) is 0 Å². The van der Waals surface area contributed by atoms with E-state index in [2.05, 4.69) is 10.1 Å². The number of hydrazone groups is 1. The Morgan fingerprint density at radius 2 is 2.22 bits per heavy atom. The first-order valence-electron chi connectivity index (χ1n) is 5.77. The molecule has 1 aromatic heterocycles. The smallest absolute Gasteiger partial charge is 0.270 e. The van der Waals surface area contributed by atoms with Crippen LogP contribution >= 0.6 is 0 Å². The van der Waals surface area contributed by atoms with Gasteiger partial charge in [0, 0.05) is 23.0 Å². The van der Waals surface area contributed by atoms with Gasteiger partial charge in [-0.25, -0.2) is 0 Å². The van der Waals surface area contributed by atoms with E-state index in [-0.39, 0.29) is 10.6 Å². The first-order valence-corrected chi connectivity index (χ1v) is 5.77. The van der Waals surface area contributed by atoms with Crippen LogP contribution in [0.3, 0.4) is 0 Å². The summed E-state index contributed by atoms with van der Waals surface area (Å²) in [5, 5.41) is 15.5. The lowest BCUT2D eigenvalue weighted by atomic mass is 9.94. The summed E-state index contributed by atoms with van der Waals surface area (Å²) in [4.78, 5) is 13.7. The number of aryl methyl sites for hydroxylation is 1. The Balaban J connectivity index is 2.27. The number of nitrogens with two attached hydrogens (primary N) is 1. The number of hydrogen-bond donors (Lipinski definition) is 2. The van der Waals surface area contributed by atoms with Gasteiger partial charge in [0.05, 0.1) is 16.3 Å². The molecule has 1 aliphatic carbocycles. The summed E-state index contributed by atoms with van der Waals surface area (Å²) >= 11 is 0. The minimum atomic E-state index is -0.375. The Kier molecular flexibility index (Phi) is 2.29. The highest BCUT2D eigenvalue weighted by molar-refractivity contribution is 6.06. The van der Waals surface area contributed by atoms with Crippen molar-refractivity contribution in [1.29, 1.82) is 0 Å². The molecular formula is C12H12N4O2. The van der Waals surface area contributed by atoms with Gasteiger partial charge < -0.3 is 10.8 Å². The molecule has 6 nitrogen and oxygen atoms in total. The lowest BCUT2D eigenvalue weighted by Crippen LogP contribution is -2.12. The summed E-state index contributed by atoms with van der Waals surface area (Å²) in [5.41, 5.74) is 3.87. The molecule has 3 N–H and O–H groups in total. The number of H-pyrrole nitrogens is 1. The van der Waals surface area contributed by atoms with Crippen LogP contribution in [0.1, 0.15) is 24.1 Å². The third-order valence-electron chi connectivity index (χ3n) is 3.39. The third-order valence-corrected chi connectivity index (χ3v) is 3.39. The Hall–Kier alpha value is -2.37. The number of hydrogen-bond acceptors (Lipinski definition) is 4. The number of aromatic amines is 1. The fourth-order valence-electron chi connectivity index (χ4n) is 2.54. The first-order chi connectivity index (χ1) is 8.70. The van der Waals surface area contributed by atoms with Crippen LogP contribution in [0.2, 0.25) is 0 Å². The van der Waals surface area contributed by atoms with Gasteiger partial charge in [0.15, 0.2) is 0 Å². The summed E-state index contributed by atoms with van der Waals surface area (Å²) in [6.07, 6.45) is 2.71. The number of nitro groups is 1. The maximum Gasteiger partial charge on any atom is 0.270 e. The van der Waals surface area contributed by atoms with Crippen LogP contribution in [0, 0.1) is 10.1 Å².